The minimum atomic E-state index is 0.0951. The third kappa shape index (κ3) is 2.62. The van der Waals surface area contributed by atoms with Crippen molar-refractivity contribution in [3.63, 3.8) is 0 Å². The molecule has 0 radical (unpaired) electrons. The average molecular weight is 288 g/mol. The van der Waals surface area contributed by atoms with Gasteiger partial charge in [-0.15, -0.1) is 0 Å². The first-order chi connectivity index (χ1) is 10.1. The molecular weight excluding hydrogens is 268 g/mol. The van der Waals surface area contributed by atoms with Crippen LogP contribution in [0.3, 0.4) is 0 Å². The van der Waals surface area contributed by atoms with Crippen molar-refractivity contribution in [2.45, 2.75) is 26.0 Å². The number of nitrogens with zero attached hydrogens (tertiary/aromatic N) is 3. The van der Waals surface area contributed by atoms with E-state index in [9.17, 15) is 0 Å². The molecule has 0 bridgehead atoms. The highest BCUT2D eigenvalue weighted by molar-refractivity contribution is 5.89. The number of nitrogens with two attached hydrogens (primary N) is 1. The van der Waals surface area contributed by atoms with E-state index >= 15 is 0 Å². The molecule has 0 aliphatic carbocycles. The van der Waals surface area contributed by atoms with Gasteiger partial charge in [0.25, 0.3) is 0 Å². The van der Waals surface area contributed by atoms with Crippen LogP contribution in [0, 0.1) is 13.8 Å². The summed E-state index contributed by atoms with van der Waals surface area (Å²) >= 11 is 0. The van der Waals surface area contributed by atoms with Gasteiger partial charge >= 0.3 is 0 Å². The number of nitrogen functional groups attached to an aromatic ring is 1. The van der Waals surface area contributed by atoms with Gasteiger partial charge in [0, 0.05) is 25.9 Å². The predicted molar refractivity (Wildman–Crippen MR) is 82.3 cm³/mol. The molecule has 112 valence electrons. The van der Waals surface area contributed by atoms with Crippen LogP contribution in [0.15, 0.2) is 6.07 Å². The van der Waals surface area contributed by atoms with Crippen LogP contribution in [0.2, 0.25) is 0 Å². The van der Waals surface area contributed by atoms with Crippen LogP contribution in [0.4, 0.5) is 11.8 Å². The molecule has 2 unspecified atom stereocenters. The number of ether oxygens (including phenoxy) is 1. The van der Waals surface area contributed by atoms with Crippen molar-refractivity contribution in [1.82, 2.24) is 20.3 Å². The highest BCUT2D eigenvalue weighted by Gasteiger charge is 2.27. The highest BCUT2D eigenvalue weighted by atomic mass is 16.5. The molecule has 0 aromatic carbocycles. The maximum absolute atomic E-state index is 6.07. The van der Waals surface area contributed by atoms with Crippen LogP contribution in [-0.2, 0) is 4.74 Å². The van der Waals surface area contributed by atoms with Crippen LogP contribution in [0.1, 0.15) is 11.3 Å². The first-order valence-corrected chi connectivity index (χ1v) is 7.00. The van der Waals surface area contributed by atoms with Gasteiger partial charge in [-0.2, -0.15) is 9.97 Å². The second-order valence-electron chi connectivity index (χ2n) is 5.39. The molecule has 7 heteroatoms. The highest BCUT2D eigenvalue weighted by Crippen LogP contribution is 2.23. The first kappa shape index (κ1) is 14.0. The maximum atomic E-state index is 6.07. The van der Waals surface area contributed by atoms with Gasteiger partial charge in [-0.3, -0.25) is 0 Å². The van der Waals surface area contributed by atoms with Gasteiger partial charge in [-0.1, -0.05) is 0 Å². The van der Waals surface area contributed by atoms with Crippen molar-refractivity contribution in [3.05, 3.63) is 17.3 Å². The van der Waals surface area contributed by atoms with Gasteiger partial charge in [-0.05, 0) is 25.5 Å². The second-order valence-corrected chi connectivity index (χ2v) is 5.39. The van der Waals surface area contributed by atoms with E-state index < -0.39 is 0 Å². The van der Waals surface area contributed by atoms with E-state index in [-0.39, 0.29) is 12.1 Å². The van der Waals surface area contributed by atoms with Crippen LogP contribution >= 0.6 is 0 Å². The Bertz CT molecular complexity index is 674. The van der Waals surface area contributed by atoms with Crippen LogP contribution in [0.5, 0.6) is 0 Å². The third-order valence-corrected chi connectivity index (χ3v) is 3.80. The fourth-order valence-corrected chi connectivity index (χ4v) is 2.79. The van der Waals surface area contributed by atoms with E-state index in [4.69, 9.17) is 10.5 Å². The van der Waals surface area contributed by atoms with Crippen molar-refractivity contribution in [1.29, 1.82) is 0 Å². The van der Waals surface area contributed by atoms with E-state index in [1.165, 1.54) is 0 Å². The Morgan fingerprint density at radius 1 is 1.29 bits per heavy atom. The number of aryl methyl sites for hydroxylation is 2. The lowest BCUT2D eigenvalue weighted by Gasteiger charge is -2.19. The van der Waals surface area contributed by atoms with Crippen LogP contribution in [-0.4, -0.2) is 47.3 Å². The molecule has 1 aliphatic rings. The quantitative estimate of drug-likeness (QED) is 0.761. The van der Waals surface area contributed by atoms with Crippen molar-refractivity contribution in [2.75, 3.05) is 31.2 Å². The summed E-state index contributed by atoms with van der Waals surface area (Å²) in [7, 11) is 1.70. The largest absolute Gasteiger partial charge is 0.383 e. The van der Waals surface area contributed by atoms with E-state index in [0.29, 0.717) is 17.4 Å². The fraction of sp³-hybridized carbons (Fsp3) is 0.500. The minimum Gasteiger partial charge on any atom is -0.383 e. The average Bonchev–Trinajstić information content (AvgIpc) is 2.84. The standard InChI is InChI=1S/C14H20N6O/c1-7-4-8(2)17-13-11(7)12(15)19-14(20-13)18-9-5-16-6-10(9)21-3/h4,9-10,16H,5-6H2,1-3H3,(H3,15,17,18,19,20). The molecule has 2 atom stereocenters. The molecule has 3 rings (SSSR count). The summed E-state index contributed by atoms with van der Waals surface area (Å²) in [5.41, 5.74) is 8.66. The number of pyridine rings is 1. The zero-order valence-corrected chi connectivity index (χ0v) is 12.5. The Labute approximate surface area is 123 Å². The molecule has 1 fully saturated rings. The zero-order valence-electron chi connectivity index (χ0n) is 12.5. The minimum absolute atomic E-state index is 0.0951. The SMILES string of the molecule is COC1CNCC1Nc1nc(N)c2c(C)cc(C)nc2n1. The summed E-state index contributed by atoms with van der Waals surface area (Å²) < 4.78 is 5.42. The maximum Gasteiger partial charge on any atom is 0.227 e. The number of hydrogen-bond donors (Lipinski definition) is 3. The molecule has 0 spiro atoms. The third-order valence-electron chi connectivity index (χ3n) is 3.80. The smallest absolute Gasteiger partial charge is 0.227 e. The number of rotatable bonds is 3. The van der Waals surface area contributed by atoms with Gasteiger partial charge in [0.2, 0.25) is 5.95 Å². The Hall–Kier alpha value is -1.99. The van der Waals surface area contributed by atoms with Crippen molar-refractivity contribution in [3.8, 4) is 0 Å². The van der Waals surface area contributed by atoms with Gasteiger partial charge in [-0.25, -0.2) is 4.98 Å². The number of hydrogen-bond acceptors (Lipinski definition) is 7. The lowest BCUT2D eigenvalue weighted by molar-refractivity contribution is 0.111. The Balaban J connectivity index is 1.97. The number of nitrogens with one attached hydrogen (secondary N) is 2. The lowest BCUT2D eigenvalue weighted by atomic mass is 10.1. The summed E-state index contributed by atoms with van der Waals surface area (Å²) in [6, 6.07) is 2.11. The molecule has 0 amide bonds. The first-order valence-electron chi connectivity index (χ1n) is 7.00. The van der Waals surface area contributed by atoms with Crippen molar-refractivity contribution < 1.29 is 4.74 Å². The molecule has 2 aromatic rings. The summed E-state index contributed by atoms with van der Waals surface area (Å²) in [5.74, 6) is 0.945. The molecule has 1 aliphatic heterocycles. The molecule has 7 nitrogen and oxygen atoms in total. The molecule has 4 N–H and O–H groups in total. The van der Waals surface area contributed by atoms with Crippen molar-refractivity contribution >= 4 is 22.8 Å². The molecule has 21 heavy (non-hydrogen) atoms. The Morgan fingerprint density at radius 3 is 2.86 bits per heavy atom. The van der Waals surface area contributed by atoms with Crippen molar-refractivity contribution in [2.24, 2.45) is 0 Å². The van der Waals surface area contributed by atoms with Gasteiger partial charge in [0.05, 0.1) is 17.5 Å². The number of methoxy groups -OCH3 is 1. The number of aromatic nitrogens is 3. The Morgan fingerprint density at radius 2 is 2.10 bits per heavy atom. The predicted octanol–water partition coefficient (Wildman–Crippen LogP) is 0.623. The summed E-state index contributed by atoms with van der Waals surface area (Å²) in [6.45, 7) is 5.55. The number of anilines is 2. The molecule has 0 saturated carbocycles. The van der Waals surface area contributed by atoms with E-state index in [2.05, 4.69) is 25.6 Å². The topological polar surface area (TPSA) is 98.0 Å². The van der Waals surface area contributed by atoms with Crippen LogP contribution in [0.25, 0.3) is 11.0 Å². The fourth-order valence-electron chi connectivity index (χ4n) is 2.79. The number of fused-ring (bicyclic) bond motifs is 1. The summed E-state index contributed by atoms with van der Waals surface area (Å²) in [5, 5.41) is 7.38. The summed E-state index contributed by atoms with van der Waals surface area (Å²) in [6.07, 6.45) is 0.0951. The van der Waals surface area contributed by atoms with E-state index in [1.807, 2.05) is 19.9 Å². The molecular formula is C14H20N6O. The van der Waals surface area contributed by atoms with Crippen LogP contribution < -0.4 is 16.4 Å². The van der Waals surface area contributed by atoms with E-state index in [0.717, 1.165) is 29.7 Å². The second kappa shape index (κ2) is 5.42. The van der Waals surface area contributed by atoms with Gasteiger partial charge < -0.3 is 21.1 Å². The monoisotopic (exact) mass is 288 g/mol. The normalized spacial score (nSPS) is 21.9. The summed E-state index contributed by atoms with van der Waals surface area (Å²) in [4.78, 5) is 13.3. The van der Waals surface area contributed by atoms with E-state index in [1.54, 1.807) is 7.11 Å². The Kier molecular flexibility index (Phi) is 3.60. The molecule has 2 aromatic heterocycles. The molecule has 1 saturated heterocycles. The zero-order chi connectivity index (χ0) is 15.0. The van der Waals surface area contributed by atoms with Gasteiger partial charge in [0.15, 0.2) is 5.65 Å². The lowest BCUT2D eigenvalue weighted by Crippen LogP contribution is -2.34. The molecule has 3 heterocycles. The van der Waals surface area contributed by atoms with Gasteiger partial charge in [0.1, 0.15) is 5.82 Å².